The molecule has 0 saturated carbocycles. The number of nitrogens with one attached hydrogen (secondary N) is 1. The number of nitrogens with zero attached hydrogens (tertiary/aromatic N) is 2. The van der Waals surface area contributed by atoms with Crippen molar-refractivity contribution in [2.75, 3.05) is 24.3 Å². The van der Waals surface area contributed by atoms with Crippen molar-refractivity contribution in [2.24, 2.45) is 0 Å². The van der Waals surface area contributed by atoms with E-state index in [-0.39, 0.29) is 17.9 Å². The van der Waals surface area contributed by atoms with E-state index >= 15 is 0 Å². The highest BCUT2D eigenvalue weighted by Gasteiger charge is 2.24. The molecule has 1 atom stereocenters. The molecule has 0 aromatic heterocycles. The van der Waals surface area contributed by atoms with Gasteiger partial charge in [-0.05, 0) is 48.4 Å². The number of benzene rings is 3. The normalized spacial score (nSPS) is 11.5. The summed E-state index contributed by atoms with van der Waals surface area (Å²) in [5.74, 6) is -0.160. The van der Waals surface area contributed by atoms with Gasteiger partial charge >= 0.3 is 0 Å². The molecule has 1 N–H and O–H groups in total. The van der Waals surface area contributed by atoms with Crippen LogP contribution >= 0.6 is 0 Å². The highest BCUT2D eigenvalue weighted by Crippen LogP contribution is 2.27. The predicted octanol–water partition coefficient (Wildman–Crippen LogP) is 5.11. The fraction of sp³-hybridized carbons (Fsp3) is 0.231. The van der Waals surface area contributed by atoms with Crippen molar-refractivity contribution >= 4 is 23.2 Å². The molecule has 31 heavy (non-hydrogen) atoms. The molecule has 3 aromatic carbocycles. The topological polar surface area (TPSA) is 52.7 Å². The lowest BCUT2D eigenvalue weighted by molar-refractivity contribution is -0.114. The number of hydrogen-bond donors (Lipinski definition) is 1. The molecule has 0 aliphatic heterocycles. The Bertz CT molecular complexity index is 1050. The predicted molar refractivity (Wildman–Crippen MR) is 126 cm³/mol. The second-order valence-electron chi connectivity index (χ2n) is 7.85. The van der Waals surface area contributed by atoms with Gasteiger partial charge in [-0.3, -0.25) is 9.59 Å². The van der Waals surface area contributed by atoms with Crippen molar-refractivity contribution in [3.05, 3.63) is 95.6 Å². The van der Waals surface area contributed by atoms with E-state index in [0.29, 0.717) is 12.1 Å². The monoisotopic (exact) mass is 415 g/mol. The molecule has 0 saturated heterocycles. The fourth-order valence-electron chi connectivity index (χ4n) is 3.51. The van der Waals surface area contributed by atoms with E-state index in [4.69, 9.17) is 0 Å². The van der Waals surface area contributed by atoms with Gasteiger partial charge in [0, 0.05) is 44.5 Å². The number of anilines is 2. The molecule has 2 amide bonds. The molecular formula is C26H29N3O2. The van der Waals surface area contributed by atoms with E-state index in [1.54, 1.807) is 0 Å². The van der Waals surface area contributed by atoms with Gasteiger partial charge in [-0.1, -0.05) is 48.5 Å². The van der Waals surface area contributed by atoms with E-state index in [0.717, 1.165) is 22.5 Å². The minimum atomic E-state index is -0.190. The quantitative estimate of drug-likeness (QED) is 0.583. The lowest BCUT2D eigenvalue weighted by atomic mass is 10.0. The number of carbonyl (C=O) groups excluding carboxylic acids is 2. The van der Waals surface area contributed by atoms with E-state index in [9.17, 15) is 9.59 Å². The van der Waals surface area contributed by atoms with Gasteiger partial charge in [0.1, 0.15) is 0 Å². The lowest BCUT2D eigenvalue weighted by Gasteiger charge is -2.30. The molecule has 1 unspecified atom stereocenters. The molecule has 5 nitrogen and oxygen atoms in total. The van der Waals surface area contributed by atoms with Crippen molar-refractivity contribution < 1.29 is 9.59 Å². The Morgan fingerprint density at radius 2 is 1.61 bits per heavy atom. The first kappa shape index (κ1) is 22.1. The van der Waals surface area contributed by atoms with E-state index in [1.807, 2.05) is 110 Å². The van der Waals surface area contributed by atoms with Crippen molar-refractivity contribution in [3.8, 4) is 0 Å². The summed E-state index contributed by atoms with van der Waals surface area (Å²) in [6.45, 7) is 3.99. The van der Waals surface area contributed by atoms with E-state index < -0.39 is 0 Å². The Kier molecular flexibility index (Phi) is 7.08. The summed E-state index contributed by atoms with van der Waals surface area (Å²) >= 11 is 0. The van der Waals surface area contributed by atoms with Crippen LogP contribution in [0.2, 0.25) is 0 Å². The average molecular weight is 416 g/mol. The van der Waals surface area contributed by atoms with Crippen molar-refractivity contribution in [2.45, 2.75) is 26.4 Å². The Morgan fingerprint density at radius 1 is 0.903 bits per heavy atom. The fourth-order valence-corrected chi connectivity index (χ4v) is 3.51. The number of carbonyl (C=O) groups is 2. The number of amides is 2. The molecule has 0 aliphatic carbocycles. The Hall–Kier alpha value is -3.60. The summed E-state index contributed by atoms with van der Waals surface area (Å²) in [5.41, 5.74) is 4.36. The molecule has 0 heterocycles. The van der Waals surface area contributed by atoms with Crippen LogP contribution in [0.4, 0.5) is 11.4 Å². The van der Waals surface area contributed by atoms with Gasteiger partial charge in [-0.25, -0.2) is 0 Å². The van der Waals surface area contributed by atoms with E-state index in [2.05, 4.69) is 5.32 Å². The van der Waals surface area contributed by atoms with Crippen molar-refractivity contribution in [1.82, 2.24) is 4.90 Å². The lowest BCUT2D eigenvalue weighted by Crippen LogP contribution is -2.33. The third kappa shape index (κ3) is 5.72. The van der Waals surface area contributed by atoms with Crippen LogP contribution in [0.3, 0.4) is 0 Å². The Morgan fingerprint density at radius 3 is 2.29 bits per heavy atom. The maximum atomic E-state index is 13.6. The third-order valence-electron chi connectivity index (χ3n) is 5.22. The minimum Gasteiger partial charge on any atom is -0.378 e. The van der Waals surface area contributed by atoms with Gasteiger partial charge in [0.15, 0.2) is 0 Å². The van der Waals surface area contributed by atoms with Gasteiger partial charge in [0.05, 0.1) is 6.04 Å². The SMILES string of the molecule is CC(=O)Nc1cccc(C(C)N(Cc2ccccc2)C(=O)c2cccc(N(C)C)c2)c1. The molecule has 3 rings (SSSR count). The van der Waals surface area contributed by atoms with Crippen molar-refractivity contribution in [3.63, 3.8) is 0 Å². The van der Waals surface area contributed by atoms with Crippen molar-refractivity contribution in [1.29, 1.82) is 0 Å². The zero-order chi connectivity index (χ0) is 22.4. The number of rotatable bonds is 7. The molecule has 0 bridgehead atoms. The highest BCUT2D eigenvalue weighted by atomic mass is 16.2. The van der Waals surface area contributed by atoms with Crippen LogP contribution in [0, 0.1) is 0 Å². The Labute approximate surface area is 184 Å². The van der Waals surface area contributed by atoms with Crippen LogP contribution in [-0.2, 0) is 11.3 Å². The molecular weight excluding hydrogens is 386 g/mol. The Balaban J connectivity index is 1.97. The van der Waals surface area contributed by atoms with Crippen LogP contribution < -0.4 is 10.2 Å². The van der Waals surface area contributed by atoms with Crippen LogP contribution in [0.5, 0.6) is 0 Å². The number of hydrogen-bond acceptors (Lipinski definition) is 3. The summed E-state index contributed by atoms with van der Waals surface area (Å²) in [6.07, 6.45) is 0. The van der Waals surface area contributed by atoms with Gasteiger partial charge in [-0.15, -0.1) is 0 Å². The molecule has 5 heteroatoms. The maximum Gasteiger partial charge on any atom is 0.254 e. The largest absolute Gasteiger partial charge is 0.378 e. The molecule has 160 valence electrons. The molecule has 3 aromatic rings. The molecule has 0 spiro atoms. The van der Waals surface area contributed by atoms with Crippen LogP contribution in [0.25, 0.3) is 0 Å². The summed E-state index contributed by atoms with van der Waals surface area (Å²) in [6, 6.07) is 25.1. The van der Waals surface area contributed by atoms with Gasteiger partial charge in [-0.2, -0.15) is 0 Å². The summed E-state index contributed by atoms with van der Waals surface area (Å²) < 4.78 is 0. The zero-order valence-electron chi connectivity index (χ0n) is 18.5. The highest BCUT2D eigenvalue weighted by molar-refractivity contribution is 5.95. The molecule has 0 radical (unpaired) electrons. The maximum absolute atomic E-state index is 13.6. The van der Waals surface area contributed by atoms with Gasteiger partial charge in [0.2, 0.25) is 5.91 Å². The summed E-state index contributed by atoms with van der Waals surface area (Å²) in [5, 5.41) is 2.82. The van der Waals surface area contributed by atoms with Crippen LogP contribution in [-0.4, -0.2) is 30.8 Å². The van der Waals surface area contributed by atoms with Gasteiger partial charge < -0.3 is 15.1 Å². The first-order valence-electron chi connectivity index (χ1n) is 10.3. The van der Waals surface area contributed by atoms with Crippen LogP contribution in [0.1, 0.15) is 41.4 Å². The zero-order valence-corrected chi connectivity index (χ0v) is 18.5. The minimum absolute atomic E-state index is 0.0371. The van der Waals surface area contributed by atoms with Crippen LogP contribution in [0.15, 0.2) is 78.9 Å². The molecule has 0 fully saturated rings. The second kappa shape index (κ2) is 9.94. The first-order chi connectivity index (χ1) is 14.8. The summed E-state index contributed by atoms with van der Waals surface area (Å²) in [4.78, 5) is 29.0. The average Bonchev–Trinajstić information content (AvgIpc) is 2.77. The van der Waals surface area contributed by atoms with E-state index in [1.165, 1.54) is 6.92 Å². The molecule has 0 aliphatic rings. The van der Waals surface area contributed by atoms with Gasteiger partial charge in [0.25, 0.3) is 5.91 Å². The third-order valence-corrected chi connectivity index (χ3v) is 5.22. The standard InChI is InChI=1S/C26H29N3O2/c1-19(22-12-8-14-24(16-22)27-20(2)30)29(18-21-10-6-5-7-11-21)26(31)23-13-9-15-25(17-23)28(3)4/h5-17,19H,18H2,1-4H3,(H,27,30). The summed E-state index contributed by atoms with van der Waals surface area (Å²) in [7, 11) is 3.92. The first-order valence-corrected chi connectivity index (χ1v) is 10.3. The second-order valence-corrected chi connectivity index (χ2v) is 7.85. The smallest absolute Gasteiger partial charge is 0.254 e.